The van der Waals surface area contributed by atoms with Crippen molar-refractivity contribution >= 4 is 11.1 Å². The van der Waals surface area contributed by atoms with Gasteiger partial charge in [0.1, 0.15) is 0 Å². The molecule has 0 spiro atoms. The standard InChI is InChI=1S/C15H12F2N2O2/c16-10-5-3-4-9(14(10)17)11(18)8-19-12-6-1-2-7-13(12)21-15(19)20/h1-7,11H,8,18H2. The number of fused-ring (bicyclic) bond motifs is 1. The number of rotatable bonds is 3. The Morgan fingerprint density at radius 2 is 1.90 bits per heavy atom. The maximum atomic E-state index is 13.7. The fourth-order valence-corrected chi connectivity index (χ4v) is 2.29. The van der Waals surface area contributed by atoms with E-state index in [2.05, 4.69) is 0 Å². The number of oxazole rings is 1. The van der Waals surface area contributed by atoms with Crippen LogP contribution in [0.4, 0.5) is 8.78 Å². The fraction of sp³-hybridized carbons (Fsp3) is 0.133. The highest BCUT2D eigenvalue weighted by molar-refractivity contribution is 5.72. The molecule has 2 aromatic carbocycles. The summed E-state index contributed by atoms with van der Waals surface area (Å²) in [5.74, 6) is -2.54. The second kappa shape index (κ2) is 5.14. The van der Waals surface area contributed by atoms with Crippen LogP contribution in [-0.4, -0.2) is 4.57 Å². The van der Waals surface area contributed by atoms with Gasteiger partial charge >= 0.3 is 5.76 Å². The topological polar surface area (TPSA) is 61.2 Å². The third-order valence-electron chi connectivity index (χ3n) is 3.33. The average Bonchev–Trinajstić information content (AvgIpc) is 2.78. The van der Waals surface area contributed by atoms with E-state index in [9.17, 15) is 13.6 Å². The van der Waals surface area contributed by atoms with Gasteiger partial charge in [-0.25, -0.2) is 13.6 Å². The van der Waals surface area contributed by atoms with Crippen molar-refractivity contribution in [2.24, 2.45) is 5.73 Å². The van der Waals surface area contributed by atoms with Gasteiger partial charge in [0.2, 0.25) is 0 Å². The first kappa shape index (κ1) is 13.5. The van der Waals surface area contributed by atoms with Crippen LogP contribution in [0, 0.1) is 11.6 Å². The molecule has 2 N–H and O–H groups in total. The van der Waals surface area contributed by atoms with Crippen molar-refractivity contribution in [2.45, 2.75) is 12.6 Å². The van der Waals surface area contributed by atoms with Crippen LogP contribution >= 0.6 is 0 Å². The normalized spacial score (nSPS) is 12.7. The SMILES string of the molecule is NC(Cn1c(=O)oc2ccccc21)c1cccc(F)c1F. The molecule has 1 atom stereocenters. The van der Waals surface area contributed by atoms with E-state index in [0.717, 1.165) is 6.07 Å². The van der Waals surface area contributed by atoms with Crippen LogP contribution in [0.3, 0.4) is 0 Å². The number of halogens is 2. The summed E-state index contributed by atoms with van der Waals surface area (Å²) in [6.45, 7) is -0.00375. The van der Waals surface area contributed by atoms with E-state index >= 15 is 0 Å². The van der Waals surface area contributed by atoms with Crippen LogP contribution in [0.2, 0.25) is 0 Å². The molecule has 1 unspecified atom stereocenters. The zero-order valence-corrected chi connectivity index (χ0v) is 10.9. The number of hydrogen-bond donors (Lipinski definition) is 1. The van der Waals surface area contributed by atoms with Gasteiger partial charge in [-0.1, -0.05) is 24.3 Å². The summed E-state index contributed by atoms with van der Waals surface area (Å²) >= 11 is 0. The monoisotopic (exact) mass is 290 g/mol. The molecule has 0 aliphatic carbocycles. The van der Waals surface area contributed by atoms with Crippen molar-refractivity contribution < 1.29 is 13.2 Å². The molecule has 0 amide bonds. The molecule has 108 valence electrons. The van der Waals surface area contributed by atoms with Crippen molar-refractivity contribution in [3.05, 3.63) is 70.2 Å². The number of para-hydroxylation sites is 2. The lowest BCUT2D eigenvalue weighted by atomic mass is 10.1. The molecule has 1 aromatic heterocycles. The highest BCUT2D eigenvalue weighted by Gasteiger charge is 2.18. The van der Waals surface area contributed by atoms with Gasteiger partial charge < -0.3 is 10.2 Å². The number of benzene rings is 2. The minimum absolute atomic E-state index is 0.00375. The summed E-state index contributed by atoms with van der Waals surface area (Å²) in [5.41, 5.74) is 6.92. The lowest BCUT2D eigenvalue weighted by Crippen LogP contribution is -2.24. The summed E-state index contributed by atoms with van der Waals surface area (Å²) < 4.78 is 33.3. The molecule has 6 heteroatoms. The van der Waals surface area contributed by atoms with Gasteiger partial charge in [0.15, 0.2) is 17.2 Å². The predicted octanol–water partition coefficient (Wildman–Crippen LogP) is 2.57. The Bertz CT molecular complexity index is 854. The summed E-state index contributed by atoms with van der Waals surface area (Å²) in [6.07, 6.45) is 0. The fourth-order valence-electron chi connectivity index (χ4n) is 2.29. The van der Waals surface area contributed by atoms with Gasteiger partial charge in [-0.05, 0) is 18.2 Å². The first-order valence-corrected chi connectivity index (χ1v) is 6.36. The van der Waals surface area contributed by atoms with Crippen LogP contribution in [-0.2, 0) is 6.54 Å². The highest BCUT2D eigenvalue weighted by atomic mass is 19.2. The van der Waals surface area contributed by atoms with Crippen LogP contribution in [0.5, 0.6) is 0 Å². The molecule has 1 heterocycles. The van der Waals surface area contributed by atoms with Crippen molar-refractivity contribution in [3.8, 4) is 0 Å². The number of hydrogen-bond acceptors (Lipinski definition) is 3. The largest absolute Gasteiger partial charge is 0.420 e. The molecule has 3 rings (SSSR count). The maximum absolute atomic E-state index is 13.7. The minimum atomic E-state index is -0.995. The second-order valence-electron chi connectivity index (χ2n) is 4.70. The van der Waals surface area contributed by atoms with Gasteiger partial charge in [0.25, 0.3) is 0 Å². The molecule has 0 aliphatic heterocycles. The van der Waals surface area contributed by atoms with Gasteiger partial charge in [-0.15, -0.1) is 0 Å². The van der Waals surface area contributed by atoms with E-state index < -0.39 is 23.4 Å². The van der Waals surface area contributed by atoms with Crippen molar-refractivity contribution in [1.82, 2.24) is 4.57 Å². The summed E-state index contributed by atoms with van der Waals surface area (Å²) in [6, 6.07) is 9.78. The Morgan fingerprint density at radius 3 is 2.71 bits per heavy atom. The highest BCUT2D eigenvalue weighted by Crippen LogP contribution is 2.20. The third-order valence-corrected chi connectivity index (χ3v) is 3.33. The van der Waals surface area contributed by atoms with Crippen LogP contribution in [0.15, 0.2) is 51.7 Å². The first-order valence-electron chi connectivity index (χ1n) is 6.36. The number of nitrogens with zero attached hydrogens (tertiary/aromatic N) is 1. The zero-order valence-electron chi connectivity index (χ0n) is 10.9. The molecule has 0 bridgehead atoms. The molecular formula is C15H12F2N2O2. The Kier molecular flexibility index (Phi) is 3.31. The summed E-state index contributed by atoms with van der Waals surface area (Å²) in [4.78, 5) is 11.8. The van der Waals surface area contributed by atoms with E-state index in [4.69, 9.17) is 10.2 Å². The molecule has 4 nitrogen and oxygen atoms in total. The maximum Gasteiger partial charge on any atom is 0.420 e. The zero-order chi connectivity index (χ0) is 15.0. The molecule has 0 aliphatic rings. The number of aromatic nitrogens is 1. The Labute approximate surface area is 118 Å². The van der Waals surface area contributed by atoms with Gasteiger partial charge in [0.05, 0.1) is 11.6 Å². The van der Waals surface area contributed by atoms with Crippen LogP contribution in [0.1, 0.15) is 11.6 Å². The van der Waals surface area contributed by atoms with Gasteiger partial charge in [-0.3, -0.25) is 4.57 Å². The van der Waals surface area contributed by atoms with E-state index in [1.807, 2.05) is 0 Å². The molecule has 0 saturated heterocycles. The molecule has 0 fully saturated rings. The predicted molar refractivity (Wildman–Crippen MR) is 73.8 cm³/mol. The quantitative estimate of drug-likeness (QED) is 0.806. The van der Waals surface area contributed by atoms with Gasteiger partial charge in [0, 0.05) is 12.1 Å². The Morgan fingerprint density at radius 1 is 1.14 bits per heavy atom. The molecular weight excluding hydrogens is 278 g/mol. The summed E-state index contributed by atoms with van der Waals surface area (Å²) in [7, 11) is 0. The smallest absolute Gasteiger partial charge is 0.408 e. The van der Waals surface area contributed by atoms with Crippen LogP contribution in [0.25, 0.3) is 11.1 Å². The molecule has 0 radical (unpaired) electrons. The van der Waals surface area contributed by atoms with E-state index in [-0.39, 0.29) is 12.1 Å². The minimum Gasteiger partial charge on any atom is -0.408 e. The van der Waals surface area contributed by atoms with E-state index in [0.29, 0.717) is 11.1 Å². The summed E-state index contributed by atoms with van der Waals surface area (Å²) in [5, 5.41) is 0. The Hall–Kier alpha value is -2.47. The van der Waals surface area contributed by atoms with Crippen LogP contribution < -0.4 is 11.5 Å². The van der Waals surface area contributed by atoms with Crippen molar-refractivity contribution in [1.29, 1.82) is 0 Å². The van der Waals surface area contributed by atoms with Gasteiger partial charge in [-0.2, -0.15) is 0 Å². The van der Waals surface area contributed by atoms with Crippen molar-refractivity contribution in [2.75, 3.05) is 0 Å². The Balaban J connectivity index is 2.00. The molecule has 21 heavy (non-hydrogen) atoms. The van der Waals surface area contributed by atoms with E-state index in [1.165, 1.54) is 16.7 Å². The molecule has 3 aromatic rings. The lowest BCUT2D eigenvalue weighted by Gasteiger charge is -2.13. The van der Waals surface area contributed by atoms with Crippen molar-refractivity contribution in [3.63, 3.8) is 0 Å². The third kappa shape index (κ3) is 2.34. The lowest BCUT2D eigenvalue weighted by molar-refractivity contribution is 0.455. The van der Waals surface area contributed by atoms with E-state index in [1.54, 1.807) is 24.3 Å². The first-order chi connectivity index (χ1) is 10.1. The average molecular weight is 290 g/mol. The second-order valence-corrected chi connectivity index (χ2v) is 4.70. The number of nitrogens with two attached hydrogens (primary N) is 1. The molecule has 0 saturated carbocycles.